The van der Waals surface area contributed by atoms with Gasteiger partial charge in [-0.15, -0.1) is 12.4 Å². The minimum Gasteiger partial charge on any atom is -0.506 e. The largest absolute Gasteiger partial charge is 0.506 e. The van der Waals surface area contributed by atoms with Crippen molar-refractivity contribution >= 4 is 24.1 Å². The summed E-state index contributed by atoms with van der Waals surface area (Å²) >= 11 is 0. The standard InChI is InChI=1S/C20H23N3O4.ClH/c1-3-12-16(22-19(25)15(18(12)24)20(26)27)10-4-6-11(7-5-10)23-8-13-14(9-23)17(13)21-2;/h4-7,13-14,17,21H,3,8-9H2,1-2H3,(H,26,27)(H2,22,24,25);1H/t13-,14+,17+;. The molecule has 4 rings (SSSR count). The van der Waals surface area contributed by atoms with E-state index in [-0.39, 0.29) is 12.4 Å². The number of pyridine rings is 1. The Labute approximate surface area is 168 Å². The van der Waals surface area contributed by atoms with Crippen LogP contribution in [0.15, 0.2) is 29.1 Å². The Balaban J connectivity index is 0.00000225. The summed E-state index contributed by atoms with van der Waals surface area (Å²) in [6.45, 7) is 3.90. The van der Waals surface area contributed by atoms with Crippen molar-refractivity contribution in [3.05, 3.63) is 45.7 Å². The molecule has 1 aliphatic heterocycles. The van der Waals surface area contributed by atoms with E-state index in [0.29, 0.717) is 23.7 Å². The lowest BCUT2D eigenvalue weighted by molar-refractivity contribution is 0.0691. The zero-order valence-electron chi connectivity index (χ0n) is 15.7. The predicted molar refractivity (Wildman–Crippen MR) is 110 cm³/mol. The lowest BCUT2D eigenvalue weighted by atomic mass is 10.0. The summed E-state index contributed by atoms with van der Waals surface area (Å²) in [5, 5.41) is 22.8. The first-order valence-corrected chi connectivity index (χ1v) is 9.20. The summed E-state index contributed by atoms with van der Waals surface area (Å²) in [5.41, 5.74) is 1.37. The van der Waals surface area contributed by atoms with Gasteiger partial charge in [-0.3, -0.25) is 4.79 Å². The van der Waals surface area contributed by atoms with Crippen LogP contribution in [0.25, 0.3) is 11.3 Å². The van der Waals surface area contributed by atoms with Gasteiger partial charge in [-0.1, -0.05) is 19.1 Å². The number of aromatic carboxylic acids is 1. The number of aromatic hydroxyl groups is 1. The third kappa shape index (κ3) is 3.14. The maximum Gasteiger partial charge on any atom is 0.345 e. The van der Waals surface area contributed by atoms with Gasteiger partial charge in [0.05, 0.1) is 5.69 Å². The zero-order chi connectivity index (χ0) is 19.3. The van der Waals surface area contributed by atoms with E-state index >= 15 is 0 Å². The number of anilines is 1. The van der Waals surface area contributed by atoms with Gasteiger partial charge in [0.2, 0.25) is 0 Å². The van der Waals surface area contributed by atoms with Crippen molar-refractivity contribution in [2.45, 2.75) is 19.4 Å². The lowest BCUT2D eigenvalue weighted by Gasteiger charge is -2.22. The second-order valence-corrected chi connectivity index (χ2v) is 7.28. The number of nitrogens with zero attached hydrogens (tertiary/aromatic N) is 1. The van der Waals surface area contributed by atoms with Gasteiger partial charge in [0, 0.05) is 30.4 Å². The number of fused-ring (bicyclic) bond motifs is 1. The Bertz CT molecular complexity index is 945. The summed E-state index contributed by atoms with van der Waals surface area (Å²) in [4.78, 5) is 28.3. The molecule has 4 N–H and O–H groups in total. The molecular formula is C20H24ClN3O4. The fraction of sp³-hybridized carbons (Fsp3) is 0.400. The minimum absolute atomic E-state index is 0. The number of hydrogen-bond donors (Lipinski definition) is 4. The highest BCUT2D eigenvalue weighted by atomic mass is 35.5. The monoisotopic (exact) mass is 405 g/mol. The highest BCUT2D eigenvalue weighted by Crippen LogP contribution is 2.46. The number of aromatic amines is 1. The number of carbonyl (C=O) groups is 1. The molecule has 3 atom stereocenters. The van der Waals surface area contributed by atoms with Gasteiger partial charge in [0.1, 0.15) is 5.75 Å². The van der Waals surface area contributed by atoms with Crippen LogP contribution in [0.2, 0.25) is 0 Å². The van der Waals surface area contributed by atoms with Gasteiger partial charge < -0.3 is 25.4 Å². The van der Waals surface area contributed by atoms with Crippen molar-refractivity contribution in [1.82, 2.24) is 10.3 Å². The number of benzene rings is 1. The van der Waals surface area contributed by atoms with Gasteiger partial charge >= 0.3 is 5.97 Å². The van der Waals surface area contributed by atoms with E-state index < -0.39 is 22.8 Å². The molecule has 0 unspecified atom stereocenters. The highest BCUT2D eigenvalue weighted by molar-refractivity contribution is 5.92. The molecule has 2 fully saturated rings. The molecule has 7 nitrogen and oxygen atoms in total. The molecule has 2 heterocycles. The molecule has 2 aromatic rings. The fourth-order valence-corrected chi connectivity index (χ4v) is 4.42. The summed E-state index contributed by atoms with van der Waals surface area (Å²) in [7, 11) is 2.01. The third-order valence-corrected chi connectivity index (χ3v) is 5.91. The first kappa shape index (κ1) is 20.2. The molecule has 1 saturated heterocycles. The van der Waals surface area contributed by atoms with E-state index in [1.165, 1.54) is 0 Å². The molecule has 0 bridgehead atoms. The first-order chi connectivity index (χ1) is 13.0. The summed E-state index contributed by atoms with van der Waals surface area (Å²) in [6.07, 6.45) is 0.404. The van der Waals surface area contributed by atoms with Crippen molar-refractivity contribution in [3.8, 4) is 17.0 Å². The second kappa shape index (κ2) is 7.48. The SMILES string of the molecule is CCc1c(-c2ccc(N3C[C@@H]4[C@H](C3)[C@H]4NC)cc2)[nH]c(=O)c(C(=O)O)c1O.Cl. The predicted octanol–water partition coefficient (Wildman–Crippen LogP) is 2.08. The van der Waals surface area contributed by atoms with E-state index in [2.05, 4.69) is 15.2 Å². The number of hydrogen-bond acceptors (Lipinski definition) is 5. The van der Waals surface area contributed by atoms with Crippen LogP contribution < -0.4 is 15.8 Å². The Morgan fingerprint density at radius 1 is 1.25 bits per heavy atom. The molecule has 1 saturated carbocycles. The Morgan fingerprint density at radius 3 is 2.36 bits per heavy atom. The number of rotatable bonds is 5. The average Bonchev–Trinajstić information content (AvgIpc) is 3.12. The molecule has 28 heavy (non-hydrogen) atoms. The van der Waals surface area contributed by atoms with Gasteiger partial charge in [-0.25, -0.2) is 4.79 Å². The van der Waals surface area contributed by atoms with E-state index in [4.69, 9.17) is 5.11 Å². The molecule has 0 amide bonds. The second-order valence-electron chi connectivity index (χ2n) is 7.28. The maximum atomic E-state index is 12.1. The first-order valence-electron chi connectivity index (χ1n) is 9.20. The molecule has 0 spiro atoms. The van der Waals surface area contributed by atoms with E-state index in [1.807, 2.05) is 38.2 Å². The van der Waals surface area contributed by atoms with Crippen molar-refractivity contribution in [3.63, 3.8) is 0 Å². The van der Waals surface area contributed by atoms with E-state index in [1.54, 1.807) is 0 Å². The number of H-pyrrole nitrogens is 1. The van der Waals surface area contributed by atoms with Crippen LogP contribution in [-0.2, 0) is 6.42 Å². The lowest BCUT2D eigenvalue weighted by Crippen LogP contribution is -2.29. The van der Waals surface area contributed by atoms with Gasteiger partial charge in [-0.2, -0.15) is 0 Å². The fourth-order valence-electron chi connectivity index (χ4n) is 4.42. The zero-order valence-corrected chi connectivity index (χ0v) is 16.5. The topological polar surface area (TPSA) is 106 Å². The van der Waals surface area contributed by atoms with Gasteiger partial charge in [0.25, 0.3) is 5.56 Å². The van der Waals surface area contributed by atoms with Crippen LogP contribution in [0.3, 0.4) is 0 Å². The van der Waals surface area contributed by atoms with Crippen molar-refractivity contribution in [1.29, 1.82) is 0 Å². The summed E-state index contributed by atoms with van der Waals surface area (Å²) in [6, 6.07) is 8.47. The van der Waals surface area contributed by atoms with Crippen molar-refractivity contribution < 1.29 is 15.0 Å². The summed E-state index contributed by atoms with van der Waals surface area (Å²) < 4.78 is 0. The molecule has 2 aliphatic rings. The normalized spacial score (nSPS) is 22.5. The number of piperidine rings is 1. The van der Waals surface area contributed by atoms with Gasteiger partial charge in [0.15, 0.2) is 5.56 Å². The molecule has 1 aliphatic carbocycles. The molecule has 1 aromatic carbocycles. The third-order valence-electron chi connectivity index (χ3n) is 5.91. The molecular weight excluding hydrogens is 382 g/mol. The number of carboxylic acids is 1. The van der Waals surface area contributed by atoms with Crippen LogP contribution in [-0.4, -0.2) is 47.3 Å². The summed E-state index contributed by atoms with van der Waals surface area (Å²) in [5.74, 6) is -0.445. The van der Waals surface area contributed by atoms with E-state index in [0.717, 1.165) is 36.2 Å². The molecule has 8 heteroatoms. The Morgan fingerprint density at radius 2 is 1.86 bits per heavy atom. The average molecular weight is 406 g/mol. The Kier molecular flexibility index (Phi) is 5.41. The van der Waals surface area contributed by atoms with Gasteiger partial charge in [-0.05, 0) is 43.0 Å². The number of carboxylic acid groups (broad SMARTS) is 1. The number of nitrogens with one attached hydrogen (secondary N) is 2. The smallest absolute Gasteiger partial charge is 0.345 e. The minimum atomic E-state index is -1.43. The van der Waals surface area contributed by atoms with Crippen LogP contribution >= 0.6 is 12.4 Å². The highest BCUT2D eigenvalue weighted by Gasteiger charge is 2.54. The van der Waals surface area contributed by atoms with Crippen LogP contribution in [0.1, 0.15) is 22.8 Å². The van der Waals surface area contributed by atoms with Crippen LogP contribution in [0.4, 0.5) is 5.69 Å². The maximum absolute atomic E-state index is 12.1. The quantitative estimate of drug-likeness (QED) is 0.607. The van der Waals surface area contributed by atoms with Crippen molar-refractivity contribution in [2.24, 2.45) is 11.8 Å². The molecule has 0 radical (unpaired) electrons. The molecule has 1 aromatic heterocycles. The van der Waals surface area contributed by atoms with Crippen molar-refractivity contribution in [2.75, 3.05) is 25.0 Å². The van der Waals surface area contributed by atoms with Crippen LogP contribution in [0.5, 0.6) is 5.75 Å². The van der Waals surface area contributed by atoms with Crippen LogP contribution in [0, 0.1) is 11.8 Å². The number of aromatic nitrogens is 1. The molecule has 150 valence electrons. The number of halogens is 1. The van der Waals surface area contributed by atoms with E-state index in [9.17, 15) is 14.7 Å². The Hall–Kier alpha value is -2.51.